The van der Waals surface area contributed by atoms with Gasteiger partial charge in [0.2, 0.25) is 5.91 Å². The zero-order valence-corrected chi connectivity index (χ0v) is 23.2. The summed E-state index contributed by atoms with van der Waals surface area (Å²) < 4.78 is 5.81. The van der Waals surface area contributed by atoms with Gasteiger partial charge >= 0.3 is 0 Å². The molecule has 1 N–H and O–H groups in total. The molecule has 2 aliphatic heterocycles. The molecule has 8 heteroatoms. The van der Waals surface area contributed by atoms with Crippen molar-refractivity contribution in [1.29, 1.82) is 5.26 Å². The molecule has 2 saturated heterocycles. The molecule has 1 amide bonds. The number of likely N-dealkylation sites (N-methyl/N-ethyl adjacent to an activating group) is 1. The second-order valence-electron chi connectivity index (χ2n) is 10.4. The number of hydrogen-bond acceptors (Lipinski definition) is 6. The van der Waals surface area contributed by atoms with Crippen LogP contribution in [0.5, 0.6) is 5.75 Å². The third-order valence-corrected chi connectivity index (χ3v) is 8.21. The Kier molecular flexibility index (Phi) is 8.06. The van der Waals surface area contributed by atoms with Gasteiger partial charge in [0.1, 0.15) is 11.8 Å². The van der Waals surface area contributed by atoms with Gasteiger partial charge in [0.15, 0.2) is 0 Å². The van der Waals surface area contributed by atoms with Gasteiger partial charge in [-0.2, -0.15) is 5.26 Å². The minimum absolute atomic E-state index is 0.0586. The summed E-state index contributed by atoms with van der Waals surface area (Å²) in [6.45, 7) is 5.66. The number of halogens is 1. The van der Waals surface area contributed by atoms with E-state index < -0.39 is 5.41 Å². The number of carbonyl (C=O) groups is 1. The second kappa shape index (κ2) is 11.6. The SMILES string of the molecule is CCOc1ccccc1-c1ccc(C2(C(=O)NC3CCN(C)C3)CCN(c3ccc(Cl)cc3C#N)CC2)cn1. The number of likely N-dealkylation sites (tertiary alicyclic amines) is 1. The molecule has 3 heterocycles. The first-order valence-electron chi connectivity index (χ1n) is 13.6. The van der Waals surface area contributed by atoms with Gasteiger partial charge < -0.3 is 19.9 Å². The molecule has 2 aliphatic rings. The van der Waals surface area contributed by atoms with Crippen molar-refractivity contribution in [3.63, 3.8) is 0 Å². The largest absolute Gasteiger partial charge is 0.493 e. The van der Waals surface area contributed by atoms with Crippen molar-refractivity contribution in [1.82, 2.24) is 15.2 Å². The Bertz CT molecular complexity index is 1360. The van der Waals surface area contributed by atoms with Gasteiger partial charge in [0, 0.05) is 42.5 Å². The van der Waals surface area contributed by atoms with Gasteiger partial charge in [-0.3, -0.25) is 9.78 Å². The van der Waals surface area contributed by atoms with Crippen LogP contribution in [0, 0.1) is 11.3 Å². The van der Waals surface area contributed by atoms with Crippen LogP contribution < -0.4 is 15.0 Å². The molecule has 2 aromatic carbocycles. The summed E-state index contributed by atoms with van der Waals surface area (Å²) in [6, 6.07) is 19.7. The lowest BCUT2D eigenvalue weighted by molar-refractivity contribution is -0.128. The maximum Gasteiger partial charge on any atom is 0.231 e. The number of amides is 1. The summed E-state index contributed by atoms with van der Waals surface area (Å²) in [4.78, 5) is 23.3. The highest BCUT2D eigenvalue weighted by atomic mass is 35.5. The number of anilines is 1. The van der Waals surface area contributed by atoms with Gasteiger partial charge in [0.05, 0.1) is 29.0 Å². The van der Waals surface area contributed by atoms with Crippen LogP contribution in [0.3, 0.4) is 0 Å². The standard InChI is InChI=1S/C31H34ClN5O2/c1-3-39-29-7-5-4-6-26(29)27-10-8-23(20-34-27)31(30(38)35-25-12-15-36(2)21-25)13-16-37(17-14-31)28-11-9-24(32)18-22(28)19-33/h4-11,18,20,25H,3,12-17,21H2,1-2H3,(H,35,38). The number of hydrogen-bond donors (Lipinski definition) is 1. The predicted octanol–water partition coefficient (Wildman–Crippen LogP) is 5.03. The quantitative estimate of drug-likeness (QED) is 0.450. The van der Waals surface area contributed by atoms with Gasteiger partial charge in [-0.1, -0.05) is 29.8 Å². The smallest absolute Gasteiger partial charge is 0.231 e. The molecule has 0 spiro atoms. The van der Waals surface area contributed by atoms with Crippen LogP contribution in [0.1, 0.15) is 37.3 Å². The topological polar surface area (TPSA) is 81.5 Å². The number of para-hydroxylation sites is 1. The molecule has 2 fully saturated rings. The van der Waals surface area contributed by atoms with Crippen LogP contribution in [0.2, 0.25) is 5.02 Å². The molecular weight excluding hydrogens is 510 g/mol. The number of carbonyl (C=O) groups excluding carboxylic acids is 1. The van der Waals surface area contributed by atoms with Gasteiger partial charge in [-0.05, 0) is 81.7 Å². The van der Waals surface area contributed by atoms with Crippen LogP contribution in [0.4, 0.5) is 5.69 Å². The Morgan fingerprint density at radius 3 is 2.64 bits per heavy atom. The van der Waals surface area contributed by atoms with E-state index in [0.29, 0.717) is 43.1 Å². The number of nitriles is 1. The Hall–Kier alpha value is -3.60. The van der Waals surface area contributed by atoms with Crippen molar-refractivity contribution in [2.24, 2.45) is 0 Å². The number of pyridine rings is 1. The number of piperidine rings is 1. The first kappa shape index (κ1) is 27.0. The van der Waals surface area contributed by atoms with E-state index in [1.54, 1.807) is 6.07 Å². The molecule has 3 aromatic rings. The summed E-state index contributed by atoms with van der Waals surface area (Å²) >= 11 is 6.14. The van der Waals surface area contributed by atoms with Crippen molar-refractivity contribution in [3.8, 4) is 23.1 Å². The number of rotatable bonds is 7. The Morgan fingerprint density at radius 1 is 1.18 bits per heavy atom. The van der Waals surface area contributed by atoms with E-state index in [9.17, 15) is 10.1 Å². The highest BCUT2D eigenvalue weighted by Gasteiger charge is 2.44. The molecule has 1 atom stereocenters. The third kappa shape index (κ3) is 5.59. The van der Waals surface area contributed by atoms with Crippen molar-refractivity contribution in [2.75, 3.05) is 44.7 Å². The van der Waals surface area contributed by atoms with E-state index in [1.165, 1.54) is 0 Å². The van der Waals surface area contributed by atoms with Crippen molar-refractivity contribution < 1.29 is 9.53 Å². The Labute approximate surface area is 235 Å². The van der Waals surface area contributed by atoms with Crippen molar-refractivity contribution in [3.05, 3.63) is 76.9 Å². The fourth-order valence-corrected chi connectivity index (χ4v) is 5.99. The zero-order valence-electron chi connectivity index (χ0n) is 22.5. The average Bonchev–Trinajstić information content (AvgIpc) is 3.37. The highest BCUT2D eigenvalue weighted by molar-refractivity contribution is 6.30. The third-order valence-electron chi connectivity index (χ3n) is 7.98. The average molecular weight is 544 g/mol. The Balaban J connectivity index is 1.44. The molecular formula is C31H34ClN5O2. The minimum atomic E-state index is -0.706. The summed E-state index contributed by atoms with van der Waals surface area (Å²) in [5.74, 6) is 0.853. The van der Waals surface area contributed by atoms with Crippen LogP contribution in [-0.4, -0.2) is 61.7 Å². The highest BCUT2D eigenvalue weighted by Crippen LogP contribution is 2.39. The molecule has 202 valence electrons. The first-order valence-corrected chi connectivity index (χ1v) is 13.9. The number of ether oxygens (including phenoxy) is 1. The lowest BCUT2D eigenvalue weighted by Gasteiger charge is -2.42. The van der Waals surface area contributed by atoms with Crippen LogP contribution in [0.25, 0.3) is 11.3 Å². The number of nitrogens with one attached hydrogen (secondary N) is 1. The molecule has 0 bridgehead atoms. The lowest BCUT2D eigenvalue weighted by atomic mass is 9.72. The Morgan fingerprint density at radius 2 is 1.97 bits per heavy atom. The van der Waals surface area contributed by atoms with Gasteiger partial charge in [-0.25, -0.2) is 0 Å². The molecule has 1 aromatic heterocycles. The molecule has 0 saturated carbocycles. The molecule has 39 heavy (non-hydrogen) atoms. The van der Waals surface area contributed by atoms with Crippen LogP contribution >= 0.6 is 11.6 Å². The van der Waals surface area contributed by atoms with Gasteiger partial charge in [0.25, 0.3) is 0 Å². The van der Waals surface area contributed by atoms with E-state index in [-0.39, 0.29) is 11.9 Å². The fourth-order valence-electron chi connectivity index (χ4n) is 5.82. The normalized spacial score (nSPS) is 18.9. The summed E-state index contributed by atoms with van der Waals surface area (Å²) in [5, 5.41) is 13.6. The van der Waals surface area contributed by atoms with E-state index in [1.807, 2.05) is 61.7 Å². The lowest BCUT2D eigenvalue weighted by Crippen LogP contribution is -2.54. The minimum Gasteiger partial charge on any atom is -0.493 e. The van der Waals surface area contributed by atoms with E-state index in [0.717, 1.165) is 47.8 Å². The summed E-state index contributed by atoms with van der Waals surface area (Å²) in [7, 11) is 2.09. The molecule has 7 nitrogen and oxygen atoms in total. The summed E-state index contributed by atoms with van der Waals surface area (Å²) in [5.41, 5.74) is 3.36. The fraction of sp³-hybridized carbons (Fsp3) is 0.387. The molecule has 1 unspecified atom stereocenters. The predicted molar refractivity (Wildman–Crippen MR) is 154 cm³/mol. The number of aromatic nitrogens is 1. The van der Waals surface area contributed by atoms with E-state index >= 15 is 0 Å². The zero-order chi connectivity index (χ0) is 27.4. The molecule has 0 aliphatic carbocycles. The maximum atomic E-state index is 14.0. The maximum absolute atomic E-state index is 14.0. The van der Waals surface area contributed by atoms with Crippen molar-refractivity contribution >= 4 is 23.2 Å². The number of benzene rings is 2. The second-order valence-corrected chi connectivity index (χ2v) is 10.9. The molecule has 0 radical (unpaired) electrons. The first-order chi connectivity index (χ1) is 18.9. The van der Waals surface area contributed by atoms with E-state index in [2.05, 4.69) is 28.2 Å². The van der Waals surface area contributed by atoms with E-state index in [4.69, 9.17) is 21.3 Å². The van der Waals surface area contributed by atoms with Crippen molar-refractivity contribution in [2.45, 2.75) is 37.6 Å². The monoisotopic (exact) mass is 543 g/mol. The molecule has 5 rings (SSSR count). The number of nitrogens with zero attached hydrogens (tertiary/aromatic N) is 4. The van der Waals surface area contributed by atoms with Gasteiger partial charge in [-0.15, -0.1) is 0 Å². The van der Waals surface area contributed by atoms with Crippen LogP contribution in [0.15, 0.2) is 60.8 Å². The summed E-state index contributed by atoms with van der Waals surface area (Å²) in [6.07, 6.45) is 4.04. The van der Waals surface area contributed by atoms with Crippen LogP contribution in [-0.2, 0) is 10.2 Å².